The molecule has 1 unspecified atom stereocenters. The van der Waals surface area contributed by atoms with E-state index < -0.39 is 6.04 Å². The lowest BCUT2D eigenvalue weighted by Gasteiger charge is -2.35. The van der Waals surface area contributed by atoms with E-state index in [0.29, 0.717) is 37.6 Å². The number of carbonyl (C=O) groups excluding carboxylic acids is 2. The van der Waals surface area contributed by atoms with Gasteiger partial charge < -0.3 is 10.2 Å². The molecule has 0 spiro atoms. The summed E-state index contributed by atoms with van der Waals surface area (Å²) in [5, 5.41) is 10.5. The molecule has 4 rings (SSSR count). The van der Waals surface area contributed by atoms with Crippen LogP contribution in [0.4, 0.5) is 0 Å². The monoisotopic (exact) mass is 433 g/mol. The van der Waals surface area contributed by atoms with Crippen molar-refractivity contribution in [2.75, 3.05) is 20.1 Å². The molecule has 0 aliphatic carbocycles. The van der Waals surface area contributed by atoms with Crippen LogP contribution in [0.5, 0.6) is 0 Å². The van der Waals surface area contributed by atoms with Crippen LogP contribution in [0.15, 0.2) is 59.2 Å². The molecular weight excluding hydrogens is 406 g/mol. The Balaban J connectivity index is 1.41. The minimum absolute atomic E-state index is 0.106. The third-order valence-corrected chi connectivity index (χ3v) is 5.82. The number of hydrogen-bond donors (Lipinski definition) is 1. The number of rotatable bonds is 7. The Kier molecular flexibility index (Phi) is 6.61. The van der Waals surface area contributed by atoms with Crippen molar-refractivity contribution in [3.8, 4) is 11.1 Å². The van der Waals surface area contributed by atoms with E-state index in [1.165, 1.54) is 5.56 Å². The summed E-state index contributed by atoms with van der Waals surface area (Å²) >= 11 is 0. The molecule has 8 nitrogen and oxygen atoms in total. The predicted molar refractivity (Wildman–Crippen MR) is 119 cm³/mol. The van der Waals surface area contributed by atoms with Gasteiger partial charge in [-0.15, -0.1) is 0 Å². The van der Waals surface area contributed by atoms with Crippen LogP contribution in [0.2, 0.25) is 0 Å². The topological polar surface area (TPSA) is 91.6 Å². The summed E-state index contributed by atoms with van der Waals surface area (Å²) in [6.07, 6.45) is 0.106. The van der Waals surface area contributed by atoms with Crippen molar-refractivity contribution in [2.45, 2.75) is 32.5 Å². The largest absolute Gasteiger partial charge is 0.353 e. The zero-order valence-corrected chi connectivity index (χ0v) is 18.3. The lowest BCUT2D eigenvalue weighted by atomic mass is 10.0. The van der Waals surface area contributed by atoms with Crippen LogP contribution >= 0.6 is 0 Å². The smallest absolute Gasteiger partial charge is 0.237 e. The second kappa shape index (κ2) is 9.74. The average Bonchev–Trinajstić information content (AvgIpc) is 3.21. The molecule has 1 N–H and O–H groups in total. The van der Waals surface area contributed by atoms with Gasteiger partial charge in [-0.3, -0.25) is 14.5 Å². The highest BCUT2D eigenvalue weighted by Crippen LogP contribution is 2.21. The molecule has 0 bridgehead atoms. The predicted octanol–water partition coefficient (Wildman–Crippen LogP) is 2.39. The molecule has 1 saturated heterocycles. The highest BCUT2D eigenvalue weighted by Gasteiger charge is 2.32. The van der Waals surface area contributed by atoms with E-state index in [1.54, 1.807) is 18.9 Å². The van der Waals surface area contributed by atoms with Gasteiger partial charge in [0, 0.05) is 26.7 Å². The first-order chi connectivity index (χ1) is 15.5. The van der Waals surface area contributed by atoms with Crippen LogP contribution in [0.1, 0.15) is 23.4 Å². The molecule has 2 amide bonds. The zero-order valence-electron chi connectivity index (χ0n) is 18.3. The Labute approximate surface area is 187 Å². The molecule has 3 aromatic rings. The van der Waals surface area contributed by atoms with Crippen LogP contribution in [-0.4, -0.2) is 58.1 Å². The van der Waals surface area contributed by atoms with Crippen LogP contribution in [0.3, 0.4) is 0 Å². The fourth-order valence-electron chi connectivity index (χ4n) is 3.87. The number of aromatic nitrogens is 2. The van der Waals surface area contributed by atoms with Gasteiger partial charge in [0.15, 0.2) is 0 Å². The normalized spacial score (nSPS) is 16.6. The van der Waals surface area contributed by atoms with E-state index in [9.17, 15) is 9.59 Å². The Bertz CT molecular complexity index is 1060. The standard InChI is InChI=1S/C24H27N5O3/c1-17-21(27-32-26-17)16-28(2)23(30)14-22-24(31)25-12-13-29(22)15-18-8-10-20(11-9-18)19-6-4-3-5-7-19/h3-11,22H,12-16H2,1-2H3,(H,25,31). The summed E-state index contributed by atoms with van der Waals surface area (Å²) in [5.74, 6) is -0.239. The Hall–Kier alpha value is -3.52. The first kappa shape index (κ1) is 21.7. The molecular formula is C24H27N5O3. The van der Waals surface area contributed by atoms with Crippen LogP contribution in [0, 0.1) is 6.92 Å². The lowest BCUT2D eigenvalue weighted by Crippen LogP contribution is -2.56. The summed E-state index contributed by atoms with van der Waals surface area (Å²) in [4.78, 5) is 29.1. The van der Waals surface area contributed by atoms with Crippen molar-refractivity contribution in [3.63, 3.8) is 0 Å². The number of nitrogens with zero attached hydrogens (tertiary/aromatic N) is 4. The molecule has 166 valence electrons. The van der Waals surface area contributed by atoms with E-state index in [1.807, 2.05) is 18.2 Å². The van der Waals surface area contributed by atoms with E-state index in [0.717, 1.165) is 11.1 Å². The second-order valence-corrected chi connectivity index (χ2v) is 8.09. The highest BCUT2D eigenvalue weighted by atomic mass is 16.6. The fraction of sp³-hybridized carbons (Fsp3) is 0.333. The van der Waals surface area contributed by atoms with Gasteiger partial charge in [0.2, 0.25) is 11.8 Å². The molecule has 0 radical (unpaired) electrons. The molecule has 2 aromatic carbocycles. The third kappa shape index (κ3) is 5.03. The van der Waals surface area contributed by atoms with Gasteiger partial charge in [-0.2, -0.15) is 0 Å². The number of nitrogens with one attached hydrogen (secondary N) is 1. The van der Waals surface area contributed by atoms with E-state index >= 15 is 0 Å². The third-order valence-electron chi connectivity index (χ3n) is 5.82. The maximum atomic E-state index is 12.8. The highest BCUT2D eigenvalue weighted by molar-refractivity contribution is 5.88. The zero-order chi connectivity index (χ0) is 22.5. The molecule has 0 saturated carbocycles. The first-order valence-electron chi connectivity index (χ1n) is 10.7. The molecule has 1 atom stereocenters. The Morgan fingerprint density at radius 3 is 2.53 bits per heavy atom. The van der Waals surface area contributed by atoms with Gasteiger partial charge in [0.1, 0.15) is 11.4 Å². The van der Waals surface area contributed by atoms with Gasteiger partial charge >= 0.3 is 0 Å². The van der Waals surface area contributed by atoms with Gasteiger partial charge in [-0.1, -0.05) is 64.9 Å². The Morgan fingerprint density at radius 1 is 1.12 bits per heavy atom. The second-order valence-electron chi connectivity index (χ2n) is 8.09. The van der Waals surface area contributed by atoms with Gasteiger partial charge in [0.25, 0.3) is 0 Å². The fourth-order valence-corrected chi connectivity index (χ4v) is 3.87. The first-order valence-corrected chi connectivity index (χ1v) is 10.7. The number of piperazine rings is 1. The number of benzene rings is 2. The summed E-state index contributed by atoms with van der Waals surface area (Å²) in [5.41, 5.74) is 4.69. The maximum absolute atomic E-state index is 12.8. The van der Waals surface area contributed by atoms with Crippen molar-refractivity contribution in [3.05, 3.63) is 71.5 Å². The summed E-state index contributed by atoms with van der Waals surface area (Å²) in [6.45, 7) is 3.95. The number of carbonyl (C=O) groups is 2. The van der Waals surface area contributed by atoms with E-state index in [2.05, 4.69) is 56.9 Å². The minimum Gasteiger partial charge on any atom is -0.353 e. The average molecular weight is 434 g/mol. The quantitative estimate of drug-likeness (QED) is 0.615. The molecule has 1 aliphatic rings. The summed E-state index contributed by atoms with van der Waals surface area (Å²) in [7, 11) is 1.70. The summed E-state index contributed by atoms with van der Waals surface area (Å²) in [6, 6.07) is 18.1. The Morgan fingerprint density at radius 2 is 1.84 bits per heavy atom. The van der Waals surface area contributed by atoms with Crippen molar-refractivity contribution >= 4 is 11.8 Å². The lowest BCUT2D eigenvalue weighted by molar-refractivity contribution is -0.138. The number of hydrogen-bond acceptors (Lipinski definition) is 6. The van der Waals surface area contributed by atoms with Crippen molar-refractivity contribution < 1.29 is 14.2 Å². The molecule has 8 heteroatoms. The van der Waals surface area contributed by atoms with Crippen LogP contribution in [0.25, 0.3) is 11.1 Å². The number of aryl methyl sites for hydroxylation is 1. The molecule has 2 heterocycles. The van der Waals surface area contributed by atoms with Gasteiger partial charge in [-0.05, 0) is 23.6 Å². The summed E-state index contributed by atoms with van der Waals surface area (Å²) < 4.78 is 4.70. The SMILES string of the molecule is Cc1nonc1CN(C)C(=O)CC1C(=O)NCCN1Cc1ccc(-c2ccccc2)cc1. The van der Waals surface area contributed by atoms with Crippen molar-refractivity contribution in [2.24, 2.45) is 0 Å². The van der Waals surface area contributed by atoms with Crippen molar-refractivity contribution in [1.82, 2.24) is 25.4 Å². The van der Waals surface area contributed by atoms with E-state index in [4.69, 9.17) is 4.63 Å². The van der Waals surface area contributed by atoms with Gasteiger partial charge in [-0.25, -0.2) is 4.63 Å². The van der Waals surface area contributed by atoms with Crippen LogP contribution in [-0.2, 0) is 22.7 Å². The molecule has 32 heavy (non-hydrogen) atoms. The number of amides is 2. The molecule has 1 aliphatic heterocycles. The van der Waals surface area contributed by atoms with Gasteiger partial charge in [0.05, 0.1) is 19.0 Å². The molecule has 1 fully saturated rings. The minimum atomic E-state index is -0.510. The van der Waals surface area contributed by atoms with Crippen LogP contribution < -0.4 is 5.32 Å². The van der Waals surface area contributed by atoms with Crippen molar-refractivity contribution in [1.29, 1.82) is 0 Å². The maximum Gasteiger partial charge on any atom is 0.237 e. The van der Waals surface area contributed by atoms with E-state index in [-0.39, 0.29) is 18.2 Å². The molecule has 1 aromatic heterocycles.